The van der Waals surface area contributed by atoms with Gasteiger partial charge in [0.1, 0.15) is 6.26 Å². The fourth-order valence-electron chi connectivity index (χ4n) is 6.22. The van der Waals surface area contributed by atoms with Crippen LogP contribution >= 0.6 is 0 Å². The Hall–Kier alpha value is -2.73. The third-order valence-electron chi connectivity index (χ3n) is 8.54. The van der Waals surface area contributed by atoms with E-state index in [0.29, 0.717) is 5.92 Å². The zero-order valence-corrected chi connectivity index (χ0v) is 20.5. The minimum atomic E-state index is 0.0341. The van der Waals surface area contributed by atoms with E-state index in [1.54, 1.807) is 6.20 Å². The number of pyridine rings is 1. The molecule has 0 radical (unpaired) electrons. The third kappa shape index (κ3) is 5.13. The Bertz CT molecular complexity index is 1150. The highest BCUT2D eigenvalue weighted by atomic mass is 16.5. The van der Waals surface area contributed by atoms with Crippen LogP contribution in [0.3, 0.4) is 0 Å². The minimum Gasteiger partial charge on any atom is -0.364 e. The number of hydrogen-bond donors (Lipinski definition) is 1. The average molecular weight is 473 g/mol. The van der Waals surface area contributed by atoms with Crippen molar-refractivity contribution in [1.82, 2.24) is 20.4 Å². The molecule has 0 spiro atoms. The fourth-order valence-corrected chi connectivity index (χ4v) is 6.22. The van der Waals surface area contributed by atoms with Crippen molar-refractivity contribution < 1.29 is 9.32 Å². The summed E-state index contributed by atoms with van der Waals surface area (Å²) in [4.78, 5) is 20.0. The molecular weight excluding hydrogens is 436 g/mol. The van der Waals surface area contributed by atoms with Gasteiger partial charge in [-0.05, 0) is 107 Å². The molecule has 6 heteroatoms. The molecule has 0 unspecified atom stereocenters. The zero-order chi connectivity index (χ0) is 23.6. The Morgan fingerprint density at radius 2 is 1.80 bits per heavy atom. The molecule has 1 saturated heterocycles. The van der Waals surface area contributed by atoms with E-state index in [0.717, 1.165) is 41.1 Å². The highest BCUT2D eigenvalue weighted by molar-refractivity contribution is 6.06. The monoisotopic (exact) mass is 472 g/mol. The maximum Gasteiger partial charge on any atom is 0.252 e. The standard InChI is InChI=1S/C29H36N4O2/c34-29(25-3-1-5-27-24(25)4-2-15-30-27)31-23-10-6-20(7-11-23)12-16-33-17-13-22(14-18-33)28-26(19-35-32-28)21-8-9-21/h1-5,15,19-23H,6-14,16-18H2,(H,31,34). The number of aromatic nitrogens is 2. The lowest BCUT2D eigenvalue weighted by atomic mass is 9.83. The van der Waals surface area contributed by atoms with Crippen LogP contribution in [0.15, 0.2) is 47.3 Å². The number of hydrogen-bond acceptors (Lipinski definition) is 5. The Balaban J connectivity index is 0.934. The second kappa shape index (κ2) is 10.1. The van der Waals surface area contributed by atoms with E-state index in [2.05, 4.69) is 20.4 Å². The number of fused-ring (bicyclic) bond motifs is 1. The van der Waals surface area contributed by atoms with Gasteiger partial charge in [-0.15, -0.1) is 0 Å². The molecular formula is C29H36N4O2. The fraction of sp³-hybridized carbons (Fsp3) is 0.552. The summed E-state index contributed by atoms with van der Waals surface area (Å²) in [6.45, 7) is 3.55. The van der Waals surface area contributed by atoms with Gasteiger partial charge in [0.2, 0.25) is 0 Å². The third-order valence-corrected chi connectivity index (χ3v) is 8.54. The molecule has 1 N–H and O–H groups in total. The molecule has 0 atom stereocenters. The number of nitrogens with zero attached hydrogens (tertiary/aromatic N) is 3. The lowest BCUT2D eigenvalue weighted by Gasteiger charge is -2.34. The second-order valence-electron chi connectivity index (χ2n) is 10.9. The molecule has 3 fully saturated rings. The first-order valence-electron chi connectivity index (χ1n) is 13.6. The van der Waals surface area contributed by atoms with Crippen LogP contribution in [0.5, 0.6) is 0 Å². The topological polar surface area (TPSA) is 71.3 Å². The van der Waals surface area contributed by atoms with Crippen LogP contribution < -0.4 is 5.32 Å². The van der Waals surface area contributed by atoms with Crippen LogP contribution in [0.2, 0.25) is 0 Å². The van der Waals surface area contributed by atoms with Gasteiger partial charge in [0, 0.05) is 34.7 Å². The number of nitrogens with one attached hydrogen (secondary N) is 1. The average Bonchev–Trinajstić information content (AvgIpc) is 3.64. The Kier molecular flexibility index (Phi) is 6.55. The van der Waals surface area contributed by atoms with Crippen LogP contribution in [0.25, 0.3) is 10.9 Å². The number of amides is 1. The first kappa shape index (κ1) is 22.7. The van der Waals surface area contributed by atoms with Crippen molar-refractivity contribution in [3.63, 3.8) is 0 Å². The highest BCUT2D eigenvalue weighted by Gasteiger charge is 2.33. The number of piperidine rings is 1. The van der Waals surface area contributed by atoms with Gasteiger partial charge in [-0.3, -0.25) is 9.78 Å². The number of likely N-dealkylation sites (tertiary alicyclic amines) is 1. The van der Waals surface area contributed by atoms with E-state index in [1.165, 1.54) is 75.8 Å². The molecule has 3 aromatic rings. The maximum atomic E-state index is 13.0. The van der Waals surface area contributed by atoms with Gasteiger partial charge in [-0.1, -0.05) is 17.3 Å². The summed E-state index contributed by atoms with van der Waals surface area (Å²) >= 11 is 0. The summed E-state index contributed by atoms with van der Waals surface area (Å²) in [6.07, 6.45) is 14.5. The summed E-state index contributed by atoms with van der Waals surface area (Å²) in [5.41, 5.74) is 4.25. The summed E-state index contributed by atoms with van der Waals surface area (Å²) in [7, 11) is 0. The Labute approximate surface area is 207 Å². The van der Waals surface area contributed by atoms with Crippen molar-refractivity contribution in [3.8, 4) is 0 Å². The summed E-state index contributed by atoms with van der Waals surface area (Å²) in [5.74, 6) is 2.11. The molecule has 3 aliphatic rings. The molecule has 35 heavy (non-hydrogen) atoms. The molecule has 6 rings (SSSR count). The van der Waals surface area contributed by atoms with Gasteiger partial charge in [-0.25, -0.2) is 0 Å². The molecule has 1 aromatic carbocycles. The minimum absolute atomic E-state index is 0.0341. The lowest BCUT2D eigenvalue weighted by Crippen LogP contribution is -2.39. The second-order valence-corrected chi connectivity index (χ2v) is 10.9. The SMILES string of the molecule is O=C(NC1CCC(CCN2CCC(c3nocc3C3CC3)CC2)CC1)c1cccc2ncccc12. The molecule has 2 aromatic heterocycles. The van der Waals surface area contributed by atoms with Gasteiger partial charge in [0.25, 0.3) is 5.91 Å². The van der Waals surface area contributed by atoms with Crippen molar-refractivity contribution >= 4 is 16.8 Å². The van der Waals surface area contributed by atoms with Gasteiger partial charge in [0.15, 0.2) is 0 Å². The molecule has 1 amide bonds. The van der Waals surface area contributed by atoms with Crippen LogP contribution in [0.4, 0.5) is 0 Å². The van der Waals surface area contributed by atoms with Crippen LogP contribution in [0, 0.1) is 5.92 Å². The predicted octanol–water partition coefficient (Wildman–Crippen LogP) is 5.66. The van der Waals surface area contributed by atoms with Gasteiger partial charge in [-0.2, -0.15) is 0 Å². The Morgan fingerprint density at radius 1 is 0.971 bits per heavy atom. The largest absolute Gasteiger partial charge is 0.364 e. The van der Waals surface area contributed by atoms with E-state index in [1.807, 2.05) is 36.6 Å². The van der Waals surface area contributed by atoms with E-state index >= 15 is 0 Å². The van der Waals surface area contributed by atoms with Crippen molar-refractivity contribution in [1.29, 1.82) is 0 Å². The molecule has 1 aliphatic heterocycles. The molecule has 3 heterocycles. The molecule has 184 valence electrons. The van der Waals surface area contributed by atoms with Gasteiger partial charge < -0.3 is 14.7 Å². The van der Waals surface area contributed by atoms with Crippen molar-refractivity contribution in [2.24, 2.45) is 5.92 Å². The van der Waals surface area contributed by atoms with Gasteiger partial charge in [0.05, 0.1) is 11.2 Å². The lowest BCUT2D eigenvalue weighted by molar-refractivity contribution is 0.0921. The van der Waals surface area contributed by atoms with Crippen molar-refractivity contribution in [2.75, 3.05) is 19.6 Å². The summed E-state index contributed by atoms with van der Waals surface area (Å²) in [6, 6.07) is 9.94. The number of carbonyl (C=O) groups excluding carboxylic acids is 1. The summed E-state index contributed by atoms with van der Waals surface area (Å²) < 4.78 is 5.34. The van der Waals surface area contributed by atoms with E-state index in [-0.39, 0.29) is 11.9 Å². The van der Waals surface area contributed by atoms with Crippen molar-refractivity contribution in [3.05, 3.63) is 59.6 Å². The van der Waals surface area contributed by atoms with E-state index in [9.17, 15) is 4.79 Å². The van der Waals surface area contributed by atoms with Crippen molar-refractivity contribution in [2.45, 2.75) is 75.7 Å². The van der Waals surface area contributed by atoms with Gasteiger partial charge >= 0.3 is 0 Å². The van der Waals surface area contributed by atoms with E-state index in [4.69, 9.17) is 4.52 Å². The maximum absolute atomic E-state index is 13.0. The quantitative estimate of drug-likeness (QED) is 0.480. The highest BCUT2D eigenvalue weighted by Crippen LogP contribution is 2.44. The molecule has 6 nitrogen and oxygen atoms in total. The van der Waals surface area contributed by atoms with E-state index < -0.39 is 0 Å². The Morgan fingerprint density at radius 3 is 2.60 bits per heavy atom. The molecule has 2 aliphatic carbocycles. The number of carbonyl (C=O) groups is 1. The predicted molar refractivity (Wildman–Crippen MR) is 136 cm³/mol. The first-order valence-corrected chi connectivity index (χ1v) is 13.6. The smallest absolute Gasteiger partial charge is 0.252 e. The number of benzene rings is 1. The van der Waals surface area contributed by atoms with Crippen LogP contribution in [-0.2, 0) is 0 Å². The number of rotatable bonds is 7. The first-order chi connectivity index (χ1) is 17.2. The molecule has 0 bridgehead atoms. The van der Waals surface area contributed by atoms with Crippen LogP contribution in [0.1, 0.15) is 91.2 Å². The normalized spacial score (nSPS) is 24.0. The molecule has 2 saturated carbocycles. The zero-order valence-electron chi connectivity index (χ0n) is 20.5. The summed E-state index contributed by atoms with van der Waals surface area (Å²) in [5, 5.41) is 8.61. The van der Waals surface area contributed by atoms with Crippen LogP contribution in [-0.4, -0.2) is 46.6 Å².